The standard InChI is InChI=1S/C12H21N/c1-7(13)11-5-8-2-9-4-10(3-8)12(11)6-9/h7-12H,2-6,13H2,1H3. The van der Waals surface area contributed by atoms with Gasteiger partial charge in [0.15, 0.2) is 0 Å². The third-order valence-corrected chi connectivity index (χ3v) is 4.98. The fourth-order valence-electron chi connectivity index (χ4n) is 4.62. The summed E-state index contributed by atoms with van der Waals surface area (Å²) in [6.45, 7) is 2.22. The molecule has 3 rings (SSSR count). The fourth-order valence-corrected chi connectivity index (χ4v) is 4.62. The molecule has 3 saturated carbocycles. The van der Waals surface area contributed by atoms with Crippen LogP contribution in [-0.2, 0) is 0 Å². The van der Waals surface area contributed by atoms with E-state index in [0.29, 0.717) is 6.04 Å². The van der Waals surface area contributed by atoms with E-state index >= 15 is 0 Å². The predicted octanol–water partition coefficient (Wildman–Crippen LogP) is 2.41. The molecule has 3 fully saturated rings. The first-order valence-corrected chi connectivity index (χ1v) is 5.99. The van der Waals surface area contributed by atoms with Crippen molar-refractivity contribution in [1.29, 1.82) is 0 Å². The lowest BCUT2D eigenvalue weighted by atomic mass is 9.66. The smallest absolute Gasteiger partial charge is 0.00416 e. The Morgan fingerprint density at radius 1 is 1.00 bits per heavy atom. The second kappa shape index (κ2) is 2.73. The number of hydrogen-bond donors (Lipinski definition) is 1. The third kappa shape index (κ3) is 1.16. The molecule has 0 aromatic rings. The highest BCUT2D eigenvalue weighted by Crippen LogP contribution is 2.57. The summed E-state index contributed by atoms with van der Waals surface area (Å²) in [4.78, 5) is 0. The van der Waals surface area contributed by atoms with E-state index in [9.17, 15) is 0 Å². The summed E-state index contributed by atoms with van der Waals surface area (Å²) >= 11 is 0. The molecule has 0 heterocycles. The molecule has 0 aromatic heterocycles. The quantitative estimate of drug-likeness (QED) is 0.657. The first kappa shape index (κ1) is 8.28. The lowest BCUT2D eigenvalue weighted by molar-refractivity contribution is 0.103. The highest BCUT2D eigenvalue weighted by Gasteiger charge is 2.49. The molecule has 1 heteroatoms. The minimum atomic E-state index is 0.451. The van der Waals surface area contributed by atoms with Gasteiger partial charge in [0, 0.05) is 6.04 Å². The Morgan fingerprint density at radius 2 is 1.69 bits per heavy atom. The minimum Gasteiger partial charge on any atom is -0.328 e. The Morgan fingerprint density at radius 3 is 2.38 bits per heavy atom. The van der Waals surface area contributed by atoms with E-state index in [1.807, 2.05) is 0 Å². The molecule has 13 heavy (non-hydrogen) atoms. The van der Waals surface area contributed by atoms with Gasteiger partial charge < -0.3 is 5.73 Å². The molecule has 0 saturated heterocycles. The van der Waals surface area contributed by atoms with Crippen LogP contribution in [0.15, 0.2) is 0 Å². The summed E-state index contributed by atoms with van der Waals surface area (Å²) in [6, 6.07) is 0.451. The summed E-state index contributed by atoms with van der Waals surface area (Å²) < 4.78 is 0. The molecule has 1 nitrogen and oxygen atoms in total. The van der Waals surface area contributed by atoms with Crippen molar-refractivity contribution < 1.29 is 0 Å². The Bertz CT molecular complexity index is 209. The molecule has 74 valence electrons. The normalized spacial score (nSPS) is 55.4. The summed E-state index contributed by atoms with van der Waals surface area (Å²) in [5.41, 5.74) is 6.10. The monoisotopic (exact) mass is 179 g/mol. The Kier molecular flexibility index (Phi) is 1.74. The first-order valence-electron chi connectivity index (χ1n) is 5.99. The molecule has 0 aliphatic heterocycles. The van der Waals surface area contributed by atoms with E-state index in [2.05, 4.69) is 6.92 Å². The zero-order chi connectivity index (χ0) is 9.00. The lowest BCUT2D eigenvalue weighted by Crippen LogP contribution is -2.39. The van der Waals surface area contributed by atoms with Crippen LogP contribution in [0.5, 0.6) is 0 Å². The largest absolute Gasteiger partial charge is 0.328 e. The molecule has 3 bridgehead atoms. The van der Waals surface area contributed by atoms with Crippen molar-refractivity contribution in [3.8, 4) is 0 Å². The van der Waals surface area contributed by atoms with Gasteiger partial charge in [-0.25, -0.2) is 0 Å². The average molecular weight is 179 g/mol. The van der Waals surface area contributed by atoms with Crippen LogP contribution in [0.4, 0.5) is 0 Å². The van der Waals surface area contributed by atoms with Gasteiger partial charge in [0.05, 0.1) is 0 Å². The van der Waals surface area contributed by atoms with Crippen molar-refractivity contribution in [2.75, 3.05) is 0 Å². The van der Waals surface area contributed by atoms with E-state index in [1.165, 1.54) is 19.3 Å². The maximum absolute atomic E-state index is 6.10. The lowest BCUT2D eigenvalue weighted by Gasteiger charge is -2.41. The Balaban J connectivity index is 1.87. The average Bonchev–Trinajstić information content (AvgIpc) is 2.27. The van der Waals surface area contributed by atoms with Gasteiger partial charge in [0.25, 0.3) is 0 Å². The Hall–Kier alpha value is -0.0400. The maximum Gasteiger partial charge on any atom is 0.00416 e. The molecule has 0 amide bonds. The molecular weight excluding hydrogens is 158 g/mol. The van der Waals surface area contributed by atoms with Crippen LogP contribution in [0.3, 0.4) is 0 Å². The van der Waals surface area contributed by atoms with Crippen molar-refractivity contribution in [3.05, 3.63) is 0 Å². The molecule has 3 aliphatic carbocycles. The summed E-state index contributed by atoms with van der Waals surface area (Å²) in [5, 5.41) is 0. The molecule has 6 unspecified atom stereocenters. The van der Waals surface area contributed by atoms with Gasteiger partial charge in [0.1, 0.15) is 0 Å². The minimum absolute atomic E-state index is 0.451. The van der Waals surface area contributed by atoms with Crippen LogP contribution in [0.2, 0.25) is 0 Å². The van der Waals surface area contributed by atoms with Crippen molar-refractivity contribution >= 4 is 0 Å². The molecular formula is C12H21N. The number of rotatable bonds is 1. The van der Waals surface area contributed by atoms with Gasteiger partial charge in [0.2, 0.25) is 0 Å². The van der Waals surface area contributed by atoms with Gasteiger partial charge in [-0.2, -0.15) is 0 Å². The fraction of sp³-hybridized carbons (Fsp3) is 1.00. The van der Waals surface area contributed by atoms with E-state index in [4.69, 9.17) is 5.73 Å². The van der Waals surface area contributed by atoms with Crippen molar-refractivity contribution in [3.63, 3.8) is 0 Å². The molecule has 6 atom stereocenters. The van der Waals surface area contributed by atoms with Crippen LogP contribution in [0.1, 0.15) is 39.0 Å². The van der Waals surface area contributed by atoms with E-state index in [0.717, 1.165) is 29.6 Å². The van der Waals surface area contributed by atoms with Crippen LogP contribution < -0.4 is 5.73 Å². The van der Waals surface area contributed by atoms with Crippen molar-refractivity contribution in [2.24, 2.45) is 35.3 Å². The first-order chi connectivity index (χ1) is 6.24. The summed E-state index contributed by atoms with van der Waals surface area (Å²) in [5.74, 6) is 5.12. The van der Waals surface area contributed by atoms with E-state index < -0.39 is 0 Å². The number of nitrogens with two attached hydrogens (primary N) is 1. The van der Waals surface area contributed by atoms with E-state index in [1.54, 1.807) is 12.8 Å². The van der Waals surface area contributed by atoms with Crippen LogP contribution in [-0.4, -0.2) is 6.04 Å². The second-order valence-electron chi connectivity index (χ2n) is 5.86. The topological polar surface area (TPSA) is 26.0 Å². The Labute approximate surface area is 81.1 Å². The van der Waals surface area contributed by atoms with Gasteiger partial charge in [-0.15, -0.1) is 0 Å². The highest BCUT2D eigenvalue weighted by molar-refractivity contribution is 5.00. The van der Waals surface area contributed by atoms with Crippen LogP contribution in [0.25, 0.3) is 0 Å². The SMILES string of the molecule is CC(N)C1CC2CC3CC(C2)C1C3. The summed E-state index contributed by atoms with van der Waals surface area (Å²) in [7, 11) is 0. The van der Waals surface area contributed by atoms with Gasteiger partial charge in [-0.1, -0.05) is 0 Å². The molecule has 2 N–H and O–H groups in total. The van der Waals surface area contributed by atoms with Crippen LogP contribution >= 0.6 is 0 Å². The van der Waals surface area contributed by atoms with E-state index in [-0.39, 0.29) is 0 Å². The number of fused-ring (bicyclic) bond motifs is 2. The maximum atomic E-state index is 6.10. The zero-order valence-electron chi connectivity index (χ0n) is 8.58. The highest BCUT2D eigenvalue weighted by atomic mass is 14.7. The van der Waals surface area contributed by atoms with Gasteiger partial charge in [-0.3, -0.25) is 0 Å². The van der Waals surface area contributed by atoms with Crippen molar-refractivity contribution in [1.82, 2.24) is 0 Å². The number of hydrogen-bond acceptors (Lipinski definition) is 1. The summed E-state index contributed by atoms with van der Waals surface area (Å²) in [6.07, 6.45) is 7.60. The molecule has 0 aromatic carbocycles. The zero-order valence-corrected chi connectivity index (χ0v) is 8.58. The molecule has 0 spiro atoms. The van der Waals surface area contributed by atoms with Gasteiger partial charge >= 0.3 is 0 Å². The van der Waals surface area contributed by atoms with Crippen LogP contribution in [0, 0.1) is 29.6 Å². The predicted molar refractivity (Wildman–Crippen MR) is 54.2 cm³/mol. The molecule has 3 aliphatic rings. The third-order valence-electron chi connectivity index (χ3n) is 4.98. The molecule has 0 radical (unpaired) electrons. The van der Waals surface area contributed by atoms with Crippen molar-refractivity contribution in [2.45, 2.75) is 45.1 Å². The second-order valence-corrected chi connectivity index (χ2v) is 5.86. The van der Waals surface area contributed by atoms with Gasteiger partial charge in [-0.05, 0) is 68.6 Å².